The molecular weight excluding hydrogens is 338 g/mol. The second kappa shape index (κ2) is 8.36. The molecule has 27 heavy (non-hydrogen) atoms. The van der Waals surface area contributed by atoms with E-state index in [1.807, 2.05) is 18.2 Å². The van der Waals surface area contributed by atoms with Crippen molar-refractivity contribution < 1.29 is 9.90 Å². The molecule has 2 heterocycles. The number of likely N-dealkylation sites (tertiary alicyclic amines) is 1. The van der Waals surface area contributed by atoms with Gasteiger partial charge < -0.3 is 10.4 Å². The molecule has 2 aromatic rings. The Morgan fingerprint density at radius 1 is 1.22 bits per heavy atom. The molecule has 1 fully saturated rings. The SMILES string of the molecule is O=C(NCCCN1CCCC1CO)c1ccc2nc3c(cc2c1)CCCC3. The summed E-state index contributed by atoms with van der Waals surface area (Å²) in [6, 6.07) is 8.34. The topological polar surface area (TPSA) is 65.5 Å². The first-order chi connectivity index (χ1) is 13.2. The summed E-state index contributed by atoms with van der Waals surface area (Å²) in [5.74, 6) is -0.0187. The number of carbonyl (C=O) groups excluding carboxylic acids is 1. The number of nitrogens with zero attached hydrogens (tertiary/aromatic N) is 2. The predicted octanol–water partition coefficient (Wildman–Crippen LogP) is 2.69. The molecule has 0 bridgehead atoms. The van der Waals surface area contributed by atoms with E-state index in [9.17, 15) is 9.90 Å². The van der Waals surface area contributed by atoms with Crippen LogP contribution in [0.3, 0.4) is 0 Å². The monoisotopic (exact) mass is 367 g/mol. The average Bonchev–Trinajstić information content (AvgIpc) is 3.16. The van der Waals surface area contributed by atoms with E-state index in [1.54, 1.807) is 0 Å². The number of rotatable bonds is 6. The van der Waals surface area contributed by atoms with Crippen molar-refractivity contribution in [3.63, 3.8) is 0 Å². The maximum atomic E-state index is 12.5. The van der Waals surface area contributed by atoms with Gasteiger partial charge in [0.15, 0.2) is 0 Å². The number of aliphatic hydroxyl groups excluding tert-OH is 1. The van der Waals surface area contributed by atoms with Crippen LogP contribution in [0.2, 0.25) is 0 Å². The first-order valence-electron chi connectivity index (χ1n) is 10.3. The molecule has 1 amide bonds. The zero-order chi connectivity index (χ0) is 18.6. The molecule has 1 aliphatic carbocycles. The molecule has 5 nitrogen and oxygen atoms in total. The second-order valence-electron chi connectivity index (χ2n) is 7.83. The summed E-state index contributed by atoms with van der Waals surface area (Å²) in [5, 5.41) is 13.5. The van der Waals surface area contributed by atoms with Crippen LogP contribution in [0, 0.1) is 0 Å². The summed E-state index contributed by atoms with van der Waals surface area (Å²) in [7, 11) is 0. The van der Waals surface area contributed by atoms with Crippen molar-refractivity contribution in [3.05, 3.63) is 41.1 Å². The van der Waals surface area contributed by atoms with Gasteiger partial charge in [-0.2, -0.15) is 0 Å². The maximum Gasteiger partial charge on any atom is 0.251 e. The normalized spacial score (nSPS) is 20.0. The zero-order valence-corrected chi connectivity index (χ0v) is 15.9. The number of aromatic nitrogens is 1. The van der Waals surface area contributed by atoms with Crippen LogP contribution in [0.15, 0.2) is 24.3 Å². The third kappa shape index (κ3) is 4.14. The number of hydrogen-bond acceptors (Lipinski definition) is 4. The van der Waals surface area contributed by atoms with E-state index in [2.05, 4.69) is 16.3 Å². The molecule has 0 radical (unpaired) electrons. The van der Waals surface area contributed by atoms with Crippen LogP contribution in [0.25, 0.3) is 10.9 Å². The first kappa shape index (κ1) is 18.4. The Kier molecular flexibility index (Phi) is 5.69. The Morgan fingerprint density at radius 2 is 2.11 bits per heavy atom. The van der Waals surface area contributed by atoms with Gasteiger partial charge in [-0.25, -0.2) is 0 Å². The fourth-order valence-electron chi connectivity index (χ4n) is 4.42. The molecule has 1 atom stereocenters. The maximum absolute atomic E-state index is 12.5. The van der Waals surface area contributed by atoms with Crippen LogP contribution in [0.1, 0.15) is 53.7 Å². The van der Waals surface area contributed by atoms with Gasteiger partial charge >= 0.3 is 0 Å². The van der Waals surface area contributed by atoms with Gasteiger partial charge in [-0.3, -0.25) is 14.7 Å². The van der Waals surface area contributed by atoms with Crippen molar-refractivity contribution in [2.24, 2.45) is 0 Å². The lowest BCUT2D eigenvalue weighted by Gasteiger charge is -2.22. The number of pyridine rings is 1. The predicted molar refractivity (Wildman–Crippen MR) is 107 cm³/mol. The number of fused-ring (bicyclic) bond motifs is 2. The smallest absolute Gasteiger partial charge is 0.251 e. The standard InChI is InChI=1S/C22H29N3O2/c26-15-19-6-3-11-25(19)12-4-10-23-22(27)17-8-9-21-18(14-17)13-16-5-1-2-7-20(16)24-21/h8-9,13-14,19,26H,1-7,10-12,15H2,(H,23,27). The number of nitrogens with one attached hydrogen (secondary N) is 1. The molecule has 1 aliphatic heterocycles. The highest BCUT2D eigenvalue weighted by Gasteiger charge is 2.22. The number of aryl methyl sites for hydroxylation is 2. The number of amides is 1. The van der Waals surface area contributed by atoms with Gasteiger partial charge in [0.05, 0.1) is 12.1 Å². The second-order valence-corrected chi connectivity index (χ2v) is 7.83. The number of carbonyl (C=O) groups is 1. The van der Waals surface area contributed by atoms with Gasteiger partial charge in [-0.1, -0.05) is 0 Å². The van der Waals surface area contributed by atoms with E-state index >= 15 is 0 Å². The van der Waals surface area contributed by atoms with Crippen molar-refractivity contribution >= 4 is 16.8 Å². The van der Waals surface area contributed by atoms with Gasteiger partial charge in [0.25, 0.3) is 5.91 Å². The van der Waals surface area contributed by atoms with Gasteiger partial charge in [-0.15, -0.1) is 0 Å². The van der Waals surface area contributed by atoms with E-state index < -0.39 is 0 Å². The lowest BCUT2D eigenvalue weighted by molar-refractivity contribution is 0.0950. The third-order valence-electron chi connectivity index (χ3n) is 5.97. The molecule has 1 aromatic carbocycles. The third-order valence-corrected chi connectivity index (χ3v) is 5.97. The fourth-order valence-corrected chi connectivity index (χ4v) is 4.42. The zero-order valence-electron chi connectivity index (χ0n) is 15.9. The van der Waals surface area contributed by atoms with E-state index in [1.165, 1.54) is 24.1 Å². The minimum absolute atomic E-state index is 0.0187. The Balaban J connectivity index is 1.35. The van der Waals surface area contributed by atoms with Crippen LogP contribution in [0.5, 0.6) is 0 Å². The van der Waals surface area contributed by atoms with Crippen LogP contribution in [-0.2, 0) is 12.8 Å². The van der Waals surface area contributed by atoms with Crippen molar-refractivity contribution in [2.75, 3.05) is 26.2 Å². The lowest BCUT2D eigenvalue weighted by Crippen LogP contribution is -2.35. The Bertz CT molecular complexity index is 821. The number of aliphatic hydroxyl groups is 1. The highest BCUT2D eigenvalue weighted by molar-refractivity contribution is 5.98. The van der Waals surface area contributed by atoms with Gasteiger partial charge in [0.2, 0.25) is 0 Å². The van der Waals surface area contributed by atoms with Crippen molar-refractivity contribution in [1.29, 1.82) is 0 Å². The molecule has 2 aliphatic rings. The lowest BCUT2D eigenvalue weighted by atomic mass is 9.94. The molecule has 5 heteroatoms. The molecule has 0 spiro atoms. The van der Waals surface area contributed by atoms with Crippen molar-refractivity contribution in [1.82, 2.24) is 15.2 Å². The minimum Gasteiger partial charge on any atom is -0.395 e. The van der Waals surface area contributed by atoms with Gasteiger partial charge in [0.1, 0.15) is 0 Å². The van der Waals surface area contributed by atoms with Gasteiger partial charge in [-0.05, 0) is 81.3 Å². The highest BCUT2D eigenvalue weighted by Crippen LogP contribution is 2.24. The quantitative estimate of drug-likeness (QED) is 0.771. The molecule has 2 N–H and O–H groups in total. The van der Waals surface area contributed by atoms with Gasteiger partial charge in [0, 0.05) is 35.8 Å². The molecule has 4 rings (SSSR count). The molecule has 1 aromatic heterocycles. The van der Waals surface area contributed by atoms with E-state index in [0.717, 1.165) is 56.1 Å². The summed E-state index contributed by atoms with van der Waals surface area (Å²) < 4.78 is 0. The molecule has 144 valence electrons. The first-order valence-corrected chi connectivity index (χ1v) is 10.3. The fraction of sp³-hybridized carbons (Fsp3) is 0.545. The molecule has 1 unspecified atom stereocenters. The summed E-state index contributed by atoms with van der Waals surface area (Å²) in [5.41, 5.74) is 4.26. The minimum atomic E-state index is -0.0187. The average molecular weight is 367 g/mol. The Morgan fingerprint density at radius 3 is 3.00 bits per heavy atom. The van der Waals surface area contributed by atoms with Crippen LogP contribution >= 0.6 is 0 Å². The van der Waals surface area contributed by atoms with Crippen molar-refractivity contribution in [2.45, 2.75) is 51.0 Å². The van der Waals surface area contributed by atoms with Crippen LogP contribution in [-0.4, -0.2) is 53.2 Å². The summed E-state index contributed by atoms with van der Waals surface area (Å²) in [6.07, 6.45) is 7.77. The summed E-state index contributed by atoms with van der Waals surface area (Å²) in [4.78, 5) is 19.6. The van der Waals surface area contributed by atoms with E-state index in [0.29, 0.717) is 18.2 Å². The molecule has 0 saturated carbocycles. The molecular formula is C22H29N3O2. The largest absolute Gasteiger partial charge is 0.395 e. The highest BCUT2D eigenvalue weighted by atomic mass is 16.3. The Hall–Kier alpha value is -1.98. The molecule has 1 saturated heterocycles. The Labute approximate surface area is 160 Å². The van der Waals surface area contributed by atoms with Crippen LogP contribution in [0.4, 0.5) is 0 Å². The number of hydrogen-bond donors (Lipinski definition) is 2. The van der Waals surface area contributed by atoms with E-state index in [-0.39, 0.29) is 12.5 Å². The van der Waals surface area contributed by atoms with E-state index in [4.69, 9.17) is 4.98 Å². The summed E-state index contributed by atoms with van der Waals surface area (Å²) >= 11 is 0. The summed E-state index contributed by atoms with van der Waals surface area (Å²) in [6.45, 7) is 2.88. The number of benzene rings is 1. The van der Waals surface area contributed by atoms with Crippen molar-refractivity contribution in [3.8, 4) is 0 Å². The van der Waals surface area contributed by atoms with Crippen LogP contribution < -0.4 is 5.32 Å².